The molecule has 1 aliphatic rings. The summed E-state index contributed by atoms with van der Waals surface area (Å²) in [6.45, 7) is 5.54. The van der Waals surface area contributed by atoms with Crippen LogP contribution in [0.1, 0.15) is 36.2 Å². The standard InChI is InChI=1S/C16H22N2O3/c1-11(2)10-17(3)16(21)18-8-4-5-12-9-13(15(19)20)6-7-14(12)18/h6-7,9,11H,4-5,8,10H2,1-3H3,(H,19,20). The van der Waals surface area contributed by atoms with Crippen molar-refractivity contribution in [2.75, 3.05) is 25.0 Å². The number of hydrogen-bond acceptors (Lipinski definition) is 2. The number of rotatable bonds is 3. The summed E-state index contributed by atoms with van der Waals surface area (Å²) in [6.07, 6.45) is 1.67. The average molecular weight is 290 g/mol. The van der Waals surface area contributed by atoms with Gasteiger partial charge in [0, 0.05) is 25.8 Å². The number of carboxylic acid groups (broad SMARTS) is 1. The van der Waals surface area contributed by atoms with Crippen LogP contribution in [-0.2, 0) is 6.42 Å². The number of carbonyl (C=O) groups is 2. The van der Waals surface area contributed by atoms with E-state index >= 15 is 0 Å². The summed E-state index contributed by atoms with van der Waals surface area (Å²) in [5, 5.41) is 9.06. The quantitative estimate of drug-likeness (QED) is 0.931. The molecule has 5 nitrogen and oxygen atoms in total. The maximum Gasteiger partial charge on any atom is 0.335 e. The molecule has 2 rings (SSSR count). The third kappa shape index (κ3) is 3.35. The van der Waals surface area contributed by atoms with Crippen LogP contribution in [0.3, 0.4) is 0 Å². The van der Waals surface area contributed by atoms with E-state index in [0.29, 0.717) is 19.0 Å². The Morgan fingerprint density at radius 1 is 1.38 bits per heavy atom. The van der Waals surface area contributed by atoms with E-state index in [9.17, 15) is 9.59 Å². The van der Waals surface area contributed by atoms with E-state index in [1.807, 2.05) is 7.05 Å². The minimum absolute atomic E-state index is 0.0206. The van der Waals surface area contributed by atoms with Gasteiger partial charge in [0.2, 0.25) is 0 Å². The first-order chi connectivity index (χ1) is 9.90. The SMILES string of the molecule is CC(C)CN(C)C(=O)N1CCCc2cc(C(=O)O)ccc21. The lowest BCUT2D eigenvalue weighted by Gasteiger charge is -2.33. The monoisotopic (exact) mass is 290 g/mol. The largest absolute Gasteiger partial charge is 0.478 e. The molecule has 5 heteroatoms. The molecule has 1 aromatic carbocycles. The molecule has 0 aromatic heterocycles. The first-order valence-electron chi connectivity index (χ1n) is 7.29. The van der Waals surface area contributed by atoms with Crippen LogP contribution in [0.25, 0.3) is 0 Å². The van der Waals surface area contributed by atoms with Crippen molar-refractivity contribution in [3.05, 3.63) is 29.3 Å². The first-order valence-corrected chi connectivity index (χ1v) is 7.29. The number of nitrogens with zero attached hydrogens (tertiary/aromatic N) is 2. The number of fused-ring (bicyclic) bond motifs is 1. The van der Waals surface area contributed by atoms with Gasteiger partial charge in [-0.05, 0) is 42.5 Å². The van der Waals surface area contributed by atoms with Gasteiger partial charge in [0.1, 0.15) is 0 Å². The molecule has 0 saturated carbocycles. The van der Waals surface area contributed by atoms with Gasteiger partial charge in [0.15, 0.2) is 0 Å². The van der Waals surface area contributed by atoms with E-state index in [4.69, 9.17) is 5.11 Å². The Labute approximate surface area is 125 Å². The van der Waals surface area contributed by atoms with Crippen molar-refractivity contribution in [1.82, 2.24) is 4.90 Å². The lowest BCUT2D eigenvalue weighted by Crippen LogP contribution is -2.45. The molecule has 0 spiro atoms. The van der Waals surface area contributed by atoms with Gasteiger partial charge >= 0.3 is 12.0 Å². The van der Waals surface area contributed by atoms with Crippen LogP contribution in [-0.4, -0.2) is 42.1 Å². The number of aryl methyl sites for hydroxylation is 1. The van der Waals surface area contributed by atoms with Gasteiger partial charge < -0.3 is 10.0 Å². The van der Waals surface area contributed by atoms with Gasteiger partial charge in [-0.2, -0.15) is 0 Å². The maximum absolute atomic E-state index is 12.6. The fraction of sp³-hybridized carbons (Fsp3) is 0.500. The number of carboxylic acids is 1. The summed E-state index contributed by atoms with van der Waals surface area (Å²) < 4.78 is 0. The van der Waals surface area contributed by atoms with E-state index in [1.165, 1.54) is 0 Å². The van der Waals surface area contributed by atoms with E-state index in [2.05, 4.69) is 13.8 Å². The third-order valence-corrected chi connectivity index (χ3v) is 3.64. The Morgan fingerprint density at radius 3 is 2.71 bits per heavy atom. The van der Waals surface area contributed by atoms with Crippen LogP contribution in [0.4, 0.5) is 10.5 Å². The highest BCUT2D eigenvalue weighted by Gasteiger charge is 2.25. The van der Waals surface area contributed by atoms with Gasteiger partial charge in [-0.3, -0.25) is 4.90 Å². The molecule has 0 aliphatic carbocycles. The van der Waals surface area contributed by atoms with Crippen molar-refractivity contribution in [3.63, 3.8) is 0 Å². The Hall–Kier alpha value is -2.04. The molecule has 0 fully saturated rings. The predicted octanol–water partition coefficient (Wildman–Crippen LogP) is 2.85. The van der Waals surface area contributed by atoms with Gasteiger partial charge in [0.05, 0.1) is 5.56 Å². The topological polar surface area (TPSA) is 60.9 Å². The van der Waals surface area contributed by atoms with Crippen LogP contribution in [0.2, 0.25) is 0 Å². The van der Waals surface area contributed by atoms with Gasteiger partial charge in [-0.25, -0.2) is 9.59 Å². The van der Waals surface area contributed by atoms with Crippen LogP contribution in [0.15, 0.2) is 18.2 Å². The number of benzene rings is 1. The van der Waals surface area contributed by atoms with Crippen molar-refractivity contribution in [1.29, 1.82) is 0 Å². The summed E-state index contributed by atoms with van der Waals surface area (Å²) in [5.74, 6) is -0.518. The fourth-order valence-corrected chi connectivity index (χ4v) is 2.76. The molecular weight excluding hydrogens is 268 g/mol. The average Bonchev–Trinajstić information content (AvgIpc) is 2.44. The van der Waals surface area contributed by atoms with Crippen molar-refractivity contribution < 1.29 is 14.7 Å². The molecule has 21 heavy (non-hydrogen) atoms. The molecule has 0 unspecified atom stereocenters. The molecule has 0 atom stereocenters. The highest BCUT2D eigenvalue weighted by Crippen LogP contribution is 2.29. The van der Waals surface area contributed by atoms with Gasteiger partial charge in [0.25, 0.3) is 0 Å². The summed E-state index contributed by atoms with van der Waals surface area (Å²) in [6, 6.07) is 4.97. The number of amides is 2. The maximum atomic E-state index is 12.6. The smallest absolute Gasteiger partial charge is 0.335 e. The summed E-state index contributed by atoms with van der Waals surface area (Å²) in [5.41, 5.74) is 2.05. The normalized spacial score (nSPS) is 14.0. The second-order valence-corrected chi connectivity index (χ2v) is 5.96. The van der Waals surface area contributed by atoms with Gasteiger partial charge in [-0.1, -0.05) is 13.8 Å². The van der Waals surface area contributed by atoms with E-state index in [0.717, 1.165) is 24.1 Å². The minimum Gasteiger partial charge on any atom is -0.478 e. The van der Waals surface area contributed by atoms with Crippen LogP contribution in [0.5, 0.6) is 0 Å². The van der Waals surface area contributed by atoms with Crippen molar-refractivity contribution in [2.24, 2.45) is 5.92 Å². The zero-order chi connectivity index (χ0) is 15.6. The zero-order valence-corrected chi connectivity index (χ0v) is 12.8. The number of hydrogen-bond donors (Lipinski definition) is 1. The number of aromatic carboxylic acids is 1. The molecular formula is C16H22N2O3. The number of anilines is 1. The Bertz CT molecular complexity index is 554. The lowest BCUT2D eigenvalue weighted by molar-refractivity contribution is 0.0696. The zero-order valence-electron chi connectivity index (χ0n) is 12.8. The van der Waals surface area contributed by atoms with Crippen molar-refractivity contribution >= 4 is 17.7 Å². The molecule has 114 valence electrons. The molecule has 1 aliphatic heterocycles. The highest BCUT2D eigenvalue weighted by molar-refractivity contribution is 5.95. The van der Waals surface area contributed by atoms with Crippen molar-refractivity contribution in [2.45, 2.75) is 26.7 Å². The van der Waals surface area contributed by atoms with Crippen LogP contribution < -0.4 is 4.90 Å². The second kappa shape index (κ2) is 6.16. The minimum atomic E-state index is -0.932. The molecule has 2 amide bonds. The van der Waals surface area contributed by atoms with Crippen LogP contribution >= 0.6 is 0 Å². The Kier molecular flexibility index (Phi) is 4.50. The Morgan fingerprint density at radius 2 is 2.10 bits per heavy atom. The van der Waals surface area contributed by atoms with Gasteiger partial charge in [-0.15, -0.1) is 0 Å². The van der Waals surface area contributed by atoms with E-state index < -0.39 is 5.97 Å². The summed E-state index contributed by atoms with van der Waals surface area (Å²) >= 11 is 0. The van der Waals surface area contributed by atoms with Crippen LogP contribution in [0, 0.1) is 5.92 Å². The molecule has 0 bridgehead atoms. The predicted molar refractivity (Wildman–Crippen MR) is 81.9 cm³/mol. The molecule has 1 N–H and O–H groups in total. The summed E-state index contributed by atoms with van der Waals surface area (Å²) in [4.78, 5) is 27.1. The Balaban J connectivity index is 2.25. The summed E-state index contributed by atoms with van der Waals surface area (Å²) in [7, 11) is 1.81. The number of urea groups is 1. The highest BCUT2D eigenvalue weighted by atomic mass is 16.4. The molecule has 0 saturated heterocycles. The fourth-order valence-electron chi connectivity index (χ4n) is 2.76. The van der Waals surface area contributed by atoms with E-state index in [-0.39, 0.29) is 11.6 Å². The second-order valence-electron chi connectivity index (χ2n) is 5.96. The number of carbonyl (C=O) groups excluding carboxylic acids is 1. The lowest BCUT2D eigenvalue weighted by atomic mass is 9.99. The first kappa shape index (κ1) is 15.4. The van der Waals surface area contributed by atoms with E-state index in [1.54, 1.807) is 28.0 Å². The molecule has 0 radical (unpaired) electrons. The molecule has 1 aromatic rings. The van der Waals surface area contributed by atoms with Crippen molar-refractivity contribution in [3.8, 4) is 0 Å². The molecule has 1 heterocycles. The third-order valence-electron chi connectivity index (χ3n) is 3.64.